The predicted molar refractivity (Wildman–Crippen MR) is 67.6 cm³/mol. The van der Waals surface area contributed by atoms with E-state index in [1.165, 1.54) is 32.1 Å². The average molecular weight is 229 g/mol. The number of nitrogens with one attached hydrogen (secondary N) is 1. The van der Waals surface area contributed by atoms with Gasteiger partial charge in [0.1, 0.15) is 0 Å². The maximum atomic E-state index is 11.1. The summed E-state index contributed by atoms with van der Waals surface area (Å²) in [7, 11) is 0. The van der Waals surface area contributed by atoms with E-state index >= 15 is 0 Å². The second-order valence-electron chi connectivity index (χ2n) is 4.69. The summed E-state index contributed by atoms with van der Waals surface area (Å²) < 4.78 is 5.00. The van der Waals surface area contributed by atoms with Crippen molar-refractivity contribution in [3.8, 4) is 0 Å². The molecule has 0 spiro atoms. The molecule has 96 valence electrons. The van der Waals surface area contributed by atoms with Gasteiger partial charge in [-0.3, -0.25) is 0 Å². The van der Waals surface area contributed by atoms with E-state index in [1.807, 2.05) is 13.8 Å². The zero-order valence-electron chi connectivity index (χ0n) is 11.1. The topological polar surface area (TPSA) is 38.3 Å². The van der Waals surface area contributed by atoms with Crippen molar-refractivity contribution in [1.82, 2.24) is 5.32 Å². The van der Waals surface area contributed by atoms with E-state index in [9.17, 15) is 4.79 Å². The fourth-order valence-corrected chi connectivity index (χ4v) is 1.39. The van der Waals surface area contributed by atoms with Crippen LogP contribution in [0, 0.1) is 5.92 Å². The highest BCUT2D eigenvalue weighted by Crippen LogP contribution is 2.04. The first kappa shape index (κ1) is 15.3. The van der Waals surface area contributed by atoms with Crippen molar-refractivity contribution < 1.29 is 9.53 Å². The Hall–Kier alpha value is -0.730. The van der Waals surface area contributed by atoms with Crippen LogP contribution in [0.3, 0.4) is 0 Å². The van der Waals surface area contributed by atoms with Crippen LogP contribution in [0.4, 0.5) is 4.79 Å². The van der Waals surface area contributed by atoms with Crippen LogP contribution in [0.15, 0.2) is 0 Å². The fourth-order valence-electron chi connectivity index (χ4n) is 1.39. The first-order valence-corrected chi connectivity index (χ1v) is 6.57. The van der Waals surface area contributed by atoms with Crippen LogP contribution in [0.1, 0.15) is 59.3 Å². The van der Waals surface area contributed by atoms with Crippen LogP contribution in [0.2, 0.25) is 0 Å². The smallest absolute Gasteiger partial charge is 0.407 e. The molecule has 0 unspecified atom stereocenters. The van der Waals surface area contributed by atoms with Gasteiger partial charge in [0, 0.05) is 6.54 Å². The van der Waals surface area contributed by atoms with E-state index in [2.05, 4.69) is 12.2 Å². The van der Waals surface area contributed by atoms with E-state index < -0.39 is 0 Å². The maximum absolute atomic E-state index is 11.1. The SMILES string of the molecule is CCCCCCCCNC(=O)OCC(C)C. The van der Waals surface area contributed by atoms with Crippen molar-refractivity contribution in [3.05, 3.63) is 0 Å². The summed E-state index contributed by atoms with van der Waals surface area (Å²) in [6.07, 6.45) is 7.17. The number of alkyl carbamates (subject to hydrolysis) is 1. The van der Waals surface area contributed by atoms with Crippen LogP contribution < -0.4 is 5.32 Å². The van der Waals surface area contributed by atoms with Gasteiger partial charge in [0.05, 0.1) is 6.61 Å². The minimum absolute atomic E-state index is 0.276. The molecule has 1 N–H and O–H groups in total. The number of ether oxygens (including phenoxy) is 1. The highest BCUT2D eigenvalue weighted by molar-refractivity contribution is 5.66. The molecule has 3 heteroatoms. The summed E-state index contributed by atoms with van der Waals surface area (Å²) in [5.74, 6) is 0.403. The molecule has 0 fully saturated rings. The lowest BCUT2D eigenvalue weighted by Gasteiger charge is -2.08. The third-order valence-corrected chi connectivity index (χ3v) is 2.35. The van der Waals surface area contributed by atoms with E-state index in [0.717, 1.165) is 13.0 Å². The summed E-state index contributed by atoms with van der Waals surface area (Å²) in [4.78, 5) is 11.1. The van der Waals surface area contributed by atoms with Gasteiger partial charge in [0.25, 0.3) is 0 Å². The van der Waals surface area contributed by atoms with Gasteiger partial charge in [-0.1, -0.05) is 52.9 Å². The number of carbonyl (C=O) groups excluding carboxylic acids is 1. The number of carbonyl (C=O) groups is 1. The Morgan fingerprint density at radius 1 is 1.12 bits per heavy atom. The molecule has 16 heavy (non-hydrogen) atoms. The quantitative estimate of drug-likeness (QED) is 0.612. The zero-order chi connectivity index (χ0) is 12.2. The van der Waals surface area contributed by atoms with Gasteiger partial charge >= 0.3 is 6.09 Å². The summed E-state index contributed by atoms with van der Waals surface area (Å²) >= 11 is 0. The molecule has 0 atom stereocenters. The number of unbranched alkanes of at least 4 members (excludes halogenated alkanes) is 5. The lowest BCUT2D eigenvalue weighted by Crippen LogP contribution is -2.26. The average Bonchev–Trinajstić information content (AvgIpc) is 2.25. The summed E-state index contributed by atoms with van der Waals surface area (Å²) in [5, 5.41) is 2.77. The van der Waals surface area contributed by atoms with E-state index in [0.29, 0.717) is 12.5 Å². The number of amides is 1. The molecule has 0 aliphatic heterocycles. The Morgan fingerprint density at radius 3 is 2.38 bits per heavy atom. The van der Waals surface area contributed by atoms with Crippen LogP contribution in [0.5, 0.6) is 0 Å². The minimum atomic E-state index is -0.276. The molecular formula is C13H27NO2. The zero-order valence-corrected chi connectivity index (χ0v) is 11.1. The van der Waals surface area contributed by atoms with Crippen molar-refractivity contribution in [2.45, 2.75) is 59.3 Å². The van der Waals surface area contributed by atoms with Crippen LogP contribution >= 0.6 is 0 Å². The first-order valence-electron chi connectivity index (χ1n) is 6.57. The fraction of sp³-hybridized carbons (Fsp3) is 0.923. The van der Waals surface area contributed by atoms with Crippen molar-refractivity contribution >= 4 is 6.09 Å². The molecule has 0 saturated carbocycles. The van der Waals surface area contributed by atoms with E-state index in [4.69, 9.17) is 4.74 Å². The van der Waals surface area contributed by atoms with E-state index in [1.54, 1.807) is 0 Å². The molecule has 0 bridgehead atoms. The van der Waals surface area contributed by atoms with Crippen molar-refractivity contribution in [2.24, 2.45) is 5.92 Å². The lowest BCUT2D eigenvalue weighted by atomic mass is 10.1. The van der Waals surface area contributed by atoms with Gasteiger partial charge < -0.3 is 10.1 Å². The van der Waals surface area contributed by atoms with Crippen molar-refractivity contribution in [1.29, 1.82) is 0 Å². The normalized spacial score (nSPS) is 10.5. The second-order valence-corrected chi connectivity index (χ2v) is 4.69. The van der Waals surface area contributed by atoms with Crippen LogP contribution in [-0.2, 0) is 4.74 Å². The molecule has 0 radical (unpaired) electrons. The second kappa shape index (κ2) is 10.8. The molecule has 0 aromatic heterocycles. The molecular weight excluding hydrogens is 202 g/mol. The minimum Gasteiger partial charge on any atom is -0.449 e. The predicted octanol–water partition coefficient (Wildman–Crippen LogP) is 3.73. The Kier molecular flexibility index (Phi) is 10.3. The molecule has 0 aromatic carbocycles. The Balaban J connectivity index is 3.15. The molecule has 0 rings (SSSR count). The molecule has 0 saturated heterocycles. The summed E-state index contributed by atoms with van der Waals surface area (Å²) in [5.41, 5.74) is 0. The largest absolute Gasteiger partial charge is 0.449 e. The monoisotopic (exact) mass is 229 g/mol. The molecule has 0 aliphatic carbocycles. The Labute approximate surface area is 99.9 Å². The first-order chi connectivity index (χ1) is 7.66. The molecule has 0 aliphatic rings. The molecule has 1 amide bonds. The van der Waals surface area contributed by atoms with Gasteiger partial charge in [-0.25, -0.2) is 4.79 Å². The van der Waals surface area contributed by atoms with Gasteiger partial charge in [-0.15, -0.1) is 0 Å². The third kappa shape index (κ3) is 11.3. The van der Waals surface area contributed by atoms with Crippen LogP contribution in [0.25, 0.3) is 0 Å². The van der Waals surface area contributed by atoms with Gasteiger partial charge in [0.2, 0.25) is 0 Å². The number of rotatable bonds is 9. The Bertz CT molecular complexity index is 169. The summed E-state index contributed by atoms with van der Waals surface area (Å²) in [6.45, 7) is 7.51. The lowest BCUT2D eigenvalue weighted by molar-refractivity contribution is 0.133. The maximum Gasteiger partial charge on any atom is 0.407 e. The number of hydrogen-bond donors (Lipinski definition) is 1. The molecule has 0 aromatic rings. The molecule has 3 nitrogen and oxygen atoms in total. The Morgan fingerprint density at radius 2 is 1.75 bits per heavy atom. The number of hydrogen-bond acceptors (Lipinski definition) is 2. The third-order valence-electron chi connectivity index (χ3n) is 2.35. The van der Waals surface area contributed by atoms with Crippen molar-refractivity contribution in [2.75, 3.05) is 13.2 Å². The molecule has 0 heterocycles. The highest BCUT2D eigenvalue weighted by Gasteiger charge is 2.02. The standard InChI is InChI=1S/C13H27NO2/c1-4-5-6-7-8-9-10-14-13(15)16-11-12(2)3/h12H,4-11H2,1-3H3,(H,14,15). The van der Waals surface area contributed by atoms with Gasteiger partial charge in [-0.05, 0) is 12.3 Å². The summed E-state index contributed by atoms with van der Waals surface area (Å²) in [6, 6.07) is 0. The highest BCUT2D eigenvalue weighted by atomic mass is 16.5. The van der Waals surface area contributed by atoms with Crippen molar-refractivity contribution in [3.63, 3.8) is 0 Å². The van der Waals surface area contributed by atoms with E-state index in [-0.39, 0.29) is 6.09 Å². The van der Waals surface area contributed by atoms with Gasteiger partial charge in [0.15, 0.2) is 0 Å². The van der Waals surface area contributed by atoms with Gasteiger partial charge in [-0.2, -0.15) is 0 Å². The van der Waals surface area contributed by atoms with Crippen LogP contribution in [-0.4, -0.2) is 19.2 Å².